The molecule has 0 unspecified atom stereocenters. The van der Waals surface area contributed by atoms with Crippen LogP contribution >= 0.6 is 0 Å². The molecule has 4 aromatic carbocycles. The van der Waals surface area contributed by atoms with Gasteiger partial charge in [0.25, 0.3) is 0 Å². The number of fused-ring (bicyclic) bond motifs is 2. The van der Waals surface area contributed by atoms with Crippen molar-refractivity contribution in [2.75, 3.05) is 0 Å². The normalized spacial score (nSPS) is 15.2. The van der Waals surface area contributed by atoms with Crippen LogP contribution in [0, 0.1) is 77.3 Å². The first-order chi connectivity index (χ1) is 32.9. The molecule has 0 amide bonds. The molecular formula is C61H76IrN2O2-2. The van der Waals surface area contributed by atoms with Gasteiger partial charge >= 0.3 is 0 Å². The molecule has 66 heavy (non-hydrogen) atoms. The monoisotopic (exact) mass is 1070 g/mol. The first-order valence-corrected chi connectivity index (χ1v) is 24.7. The second-order valence-corrected chi connectivity index (χ2v) is 19.3. The number of allylic oxidation sites excluding steroid dienone is 2. The summed E-state index contributed by atoms with van der Waals surface area (Å²) in [7, 11) is 0. The minimum atomic E-state index is 0. The van der Waals surface area contributed by atoms with Gasteiger partial charge in [-0.2, -0.15) is 0 Å². The van der Waals surface area contributed by atoms with Crippen molar-refractivity contribution in [3.05, 3.63) is 141 Å². The molecule has 8 rings (SSSR count). The van der Waals surface area contributed by atoms with Gasteiger partial charge in [0.05, 0.1) is 11.2 Å². The SMILES string of the molecule is CCC(CC)C(=O)/C=C(\O)C(CC)CC.[2H]c1nc(-c2[c-]c(C)cc(C)c2)c2cc(C)c(CC3CCCC3)cc2c1[2H].[2H]c1nc(-c2[c-]c(C)cc(C)c2)c2cc(C)c(CC3CCCC3)cc2c1[2H].[Ir]. The molecule has 2 fully saturated rings. The Kier molecular flexibility index (Phi) is 17.7. The van der Waals surface area contributed by atoms with Gasteiger partial charge in [0.15, 0.2) is 5.78 Å². The first kappa shape index (κ1) is 46.7. The summed E-state index contributed by atoms with van der Waals surface area (Å²) in [6, 6.07) is 24.2. The Morgan fingerprint density at radius 3 is 1.39 bits per heavy atom. The van der Waals surface area contributed by atoms with Crippen molar-refractivity contribution in [1.29, 1.82) is 0 Å². The van der Waals surface area contributed by atoms with Crippen molar-refractivity contribution >= 4 is 27.3 Å². The van der Waals surface area contributed by atoms with E-state index in [-0.39, 0.29) is 67.9 Å². The fourth-order valence-corrected chi connectivity index (χ4v) is 10.2. The Bertz CT molecular complexity index is 2590. The zero-order valence-corrected chi connectivity index (χ0v) is 43.9. The molecule has 1 N–H and O–H groups in total. The van der Waals surface area contributed by atoms with Crippen LogP contribution in [0.15, 0.2) is 84.8 Å². The zero-order chi connectivity index (χ0) is 50.1. The van der Waals surface area contributed by atoms with Crippen molar-refractivity contribution in [3.63, 3.8) is 0 Å². The van der Waals surface area contributed by atoms with E-state index >= 15 is 0 Å². The van der Waals surface area contributed by atoms with Crippen molar-refractivity contribution in [1.82, 2.24) is 9.97 Å². The van der Waals surface area contributed by atoms with Crippen molar-refractivity contribution in [2.45, 2.75) is 159 Å². The third-order valence-corrected chi connectivity index (χ3v) is 14.0. The second kappa shape index (κ2) is 25.1. The fourth-order valence-electron chi connectivity index (χ4n) is 10.2. The minimum Gasteiger partial charge on any atom is -0.512 e. The Hall–Kier alpha value is -4.44. The molecule has 2 aromatic heterocycles. The summed E-state index contributed by atoms with van der Waals surface area (Å²) in [6.07, 6.45) is 17.8. The predicted octanol–water partition coefficient (Wildman–Crippen LogP) is 16.6. The number of aromatic nitrogens is 2. The standard InChI is InChI=1S/2C24H26N.C13H24O2.Ir/c2*1-16-10-17(2)12-22(11-16)24-23-13-18(3)21(14-19-6-4-5-7-19)15-20(23)8-9-25-24;1-5-10(6-2)12(14)9-13(15)11(7-3)8-4;/h2*8-11,13,15,19H,4-7,14H2,1-3H3;9-11,14H,5-8H2,1-4H3;/q2*-1;;/b;;12-9-;/i2*8D,9D;;. The fraction of sp³-hybridized carbons (Fsp3) is 0.459. The van der Waals surface area contributed by atoms with Gasteiger partial charge in [-0.3, -0.25) is 4.79 Å². The average Bonchev–Trinajstić information content (AvgIpc) is 4.03. The van der Waals surface area contributed by atoms with E-state index in [4.69, 9.17) is 5.48 Å². The molecule has 0 spiro atoms. The van der Waals surface area contributed by atoms with E-state index in [1.165, 1.54) is 79.7 Å². The van der Waals surface area contributed by atoms with Crippen LogP contribution in [0.4, 0.5) is 0 Å². The number of aliphatic hydroxyl groups excluding tert-OH is 1. The molecule has 2 heterocycles. The van der Waals surface area contributed by atoms with Crippen LogP contribution in [0.25, 0.3) is 44.1 Å². The summed E-state index contributed by atoms with van der Waals surface area (Å²) in [5.74, 6) is 2.07. The summed E-state index contributed by atoms with van der Waals surface area (Å²) < 4.78 is 33.3. The van der Waals surface area contributed by atoms with Crippen molar-refractivity contribution < 1.29 is 35.5 Å². The van der Waals surface area contributed by atoms with E-state index < -0.39 is 0 Å². The van der Waals surface area contributed by atoms with Gasteiger partial charge in [0.2, 0.25) is 0 Å². The van der Waals surface area contributed by atoms with Crippen molar-refractivity contribution in [2.24, 2.45) is 23.7 Å². The molecular weight excluding hydrogens is 985 g/mol. The Balaban J connectivity index is 0.000000203. The van der Waals surface area contributed by atoms with Crippen LogP contribution in [0.2, 0.25) is 0 Å². The van der Waals surface area contributed by atoms with Crippen LogP contribution in [-0.4, -0.2) is 20.9 Å². The number of aliphatic hydroxyl groups is 1. The van der Waals surface area contributed by atoms with Crippen LogP contribution < -0.4 is 0 Å². The molecule has 0 bridgehead atoms. The Morgan fingerprint density at radius 1 is 0.636 bits per heavy atom. The second-order valence-electron chi connectivity index (χ2n) is 19.3. The van der Waals surface area contributed by atoms with Crippen LogP contribution in [0.5, 0.6) is 0 Å². The van der Waals surface area contributed by atoms with Crippen LogP contribution in [-0.2, 0) is 37.7 Å². The Morgan fingerprint density at radius 2 is 1.03 bits per heavy atom. The van der Waals surface area contributed by atoms with Crippen LogP contribution in [0.3, 0.4) is 0 Å². The molecule has 0 saturated heterocycles. The maximum atomic E-state index is 11.7. The number of carbonyl (C=O) groups is 1. The molecule has 2 aliphatic rings. The van der Waals surface area contributed by atoms with E-state index in [0.29, 0.717) is 0 Å². The minimum absolute atomic E-state index is 0. The smallest absolute Gasteiger partial charge is 0.162 e. The number of ketones is 1. The van der Waals surface area contributed by atoms with Gasteiger partial charge in [-0.1, -0.05) is 131 Å². The third-order valence-electron chi connectivity index (χ3n) is 14.0. The molecule has 0 atom stereocenters. The number of benzene rings is 4. The van der Waals surface area contributed by atoms with Crippen LogP contribution in [0.1, 0.15) is 155 Å². The number of hydrogen-bond acceptors (Lipinski definition) is 4. The first-order valence-electron chi connectivity index (χ1n) is 26.7. The summed E-state index contributed by atoms with van der Waals surface area (Å²) in [6.45, 7) is 20.6. The number of rotatable bonds is 13. The molecule has 5 heteroatoms. The predicted molar refractivity (Wildman–Crippen MR) is 276 cm³/mol. The maximum absolute atomic E-state index is 11.7. The molecule has 353 valence electrons. The molecule has 0 aliphatic heterocycles. The Labute approximate surface area is 417 Å². The number of carbonyl (C=O) groups excluding carboxylic acids is 1. The number of pyridine rings is 2. The van der Waals surface area contributed by atoms with E-state index in [0.717, 1.165) is 117 Å². The molecule has 2 saturated carbocycles. The quantitative estimate of drug-likeness (QED) is 0.0711. The van der Waals surface area contributed by atoms with E-state index in [2.05, 4.69) is 98.3 Å². The number of aryl methyl sites for hydroxylation is 6. The van der Waals surface area contributed by atoms with E-state index in [9.17, 15) is 9.90 Å². The molecule has 4 nitrogen and oxygen atoms in total. The average molecular weight is 1070 g/mol. The summed E-state index contributed by atoms with van der Waals surface area (Å²) in [5.41, 5.74) is 13.0. The van der Waals surface area contributed by atoms with Gasteiger partial charge in [-0.15, -0.1) is 69.8 Å². The van der Waals surface area contributed by atoms with Gasteiger partial charge in [-0.05, 0) is 131 Å². The topological polar surface area (TPSA) is 63.1 Å². The van der Waals surface area contributed by atoms with E-state index in [1.54, 1.807) is 0 Å². The molecule has 2 aliphatic carbocycles. The van der Waals surface area contributed by atoms with Gasteiger partial charge in [0, 0.05) is 50.4 Å². The molecule has 1 radical (unpaired) electrons. The van der Waals surface area contributed by atoms with Gasteiger partial charge in [0.1, 0.15) is 0 Å². The third kappa shape index (κ3) is 13.8. The zero-order valence-electron chi connectivity index (χ0n) is 45.5. The summed E-state index contributed by atoms with van der Waals surface area (Å²) in [4.78, 5) is 20.7. The summed E-state index contributed by atoms with van der Waals surface area (Å²) in [5, 5.41) is 13.4. The van der Waals surface area contributed by atoms with Gasteiger partial charge in [-0.25, -0.2) is 0 Å². The maximum Gasteiger partial charge on any atom is 0.162 e. The van der Waals surface area contributed by atoms with E-state index in [1.807, 2.05) is 41.5 Å². The number of hydrogen-bond donors (Lipinski definition) is 1. The summed E-state index contributed by atoms with van der Waals surface area (Å²) >= 11 is 0. The molecule has 6 aromatic rings. The number of nitrogens with zero attached hydrogens (tertiary/aromatic N) is 2. The van der Waals surface area contributed by atoms with Gasteiger partial charge < -0.3 is 15.1 Å². The largest absolute Gasteiger partial charge is 0.512 e. The van der Waals surface area contributed by atoms with Crippen molar-refractivity contribution in [3.8, 4) is 22.5 Å².